The van der Waals surface area contributed by atoms with Crippen molar-refractivity contribution in [3.63, 3.8) is 0 Å². The summed E-state index contributed by atoms with van der Waals surface area (Å²) in [6.07, 6.45) is -4.56. The highest BCUT2D eigenvalue weighted by Crippen LogP contribution is 2.22. The first-order valence-electron chi connectivity index (χ1n) is 6.59. The Morgan fingerprint density at radius 3 is 2.52 bits per heavy atom. The average molecular weight is 297 g/mol. The zero-order chi connectivity index (χ0) is 15.4. The topological polar surface area (TPSA) is 108 Å². The van der Waals surface area contributed by atoms with Crippen molar-refractivity contribution in [1.82, 2.24) is 5.32 Å². The first-order valence-corrected chi connectivity index (χ1v) is 6.59. The first kappa shape index (κ1) is 15.9. The Kier molecular flexibility index (Phi) is 5.27. The fraction of sp³-hybridized carbons (Fsp3) is 0.500. The maximum absolute atomic E-state index is 12.1. The van der Waals surface area contributed by atoms with Crippen LogP contribution in [-0.2, 0) is 9.47 Å². The number of hydrogen-bond donors (Lipinski definition) is 4. The molecule has 0 aromatic heterocycles. The lowest BCUT2D eigenvalue weighted by molar-refractivity contribution is -0.261. The number of carbonyl (C=O) groups excluding carboxylic acids is 1. The lowest BCUT2D eigenvalue weighted by Crippen LogP contribution is -2.64. The van der Waals surface area contributed by atoms with Gasteiger partial charge >= 0.3 is 0 Å². The van der Waals surface area contributed by atoms with Crippen LogP contribution in [0, 0.1) is 0 Å². The van der Waals surface area contributed by atoms with Crippen LogP contribution >= 0.6 is 0 Å². The maximum Gasteiger partial charge on any atom is 0.251 e. The van der Waals surface area contributed by atoms with Gasteiger partial charge in [0.1, 0.15) is 24.4 Å². The quantitative estimate of drug-likeness (QED) is 0.560. The molecule has 4 N–H and O–H groups in total. The third kappa shape index (κ3) is 3.39. The molecule has 1 fully saturated rings. The Labute approximate surface area is 122 Å². The molecule has 1 aromatic carbocycles. The summed E-state index contributed by atoms with van der Waals surface area (Å²) >= 11 is 0. The second-order valence-corrected chi connectivity index (χ2v) is 4.81. The van der Waals surface area contributed by atoms with Crippen molar-refractivity contribution in [1.29, 1.82) is 0 Å². The van der Waals surface area contributed by atoms with Crippen molar-refractivity contribution in [3.05, 3.63) is 35.9 Å². The SMILES string of the molecule is CO[C@@H]1O[C@H](CO)[C@H](O)[C@H](O)[C@@H]1NC(=O)c1ccccc1. The van der Waals surface area contributed by atoms with E-state index in [1.54, 1.807) is 30.3 Å². The van der Waals surface area contributed by atoms with Crippen LogP contribution in [0.4, 0.5) is 0 Å². The Bertz CT molecular complexity index is 466. The molecule has 116 valence electrons. The zero-order valence-electron chi connectivity index (χ0n) is 11.5. The second-order valence-electron chi connectivity index (χ2n) is 4.81. The molecule has 21 heavy (non-hydrogen) atoms. The van der Waals surface area contributed by atoms with E-state index in [1.165, 1.54) is 7.11 Å². The van der Waals surface area contributed by atoms with E-state index in [2.05, 4.69) is 5.32 Å². The minimum atomic E-state index is -1.32. The van der Waals surface area contributed by atoms with Crippen LogP contribution in [0.15, 0.2) is 30.3 Å². The molecule has 1 aliphatic rings. The number of benzene rings is 1. The number of ether oxygens (including phenoxy) is 2. The summed E-state index contributed by atoms with van der Waals surface area (Å²) in [5, 5.41) is 31.6. The molecule has 0 unspecified atom stereocenters. The third-order valence-electron chi connectivity index (χ3n) is 3.45. The number of carbonyl (C=O) groups is 1. The van der Waals surface area contributed by atoms with Crippen LogP contribution in [0.1, 0.15) is 10.4 Å². The van der Waals surface area contributed by atoms with Crippen molar-refractivity contribution in [2.24, 2.45) is 0 Å². The third-order valence-corrected chi connectivity index (χ3v) is 3.45. The summed E-state index contributed by atoms with van der Waals surface area (Å²) in [7, 11) is 1.35. The van der Waals surface area contributed by atoms with Crippen LogP contribution in [0.25, 0.3) is 0 Å². The summed E-state index contributed by atoms with van der Waals surface area (Å²) in [6, 6.07) is 7.52. The van der Waals surface area contributed by atoms with Gasteiger partial charge in [0.05, 0.1) is 6.61 Å². The van der Waals surface area contributed by atoms with Crippen molar-refractivity contribution < 1.29 is 29.6 Å². The van der Waals surface area contributed by atoms with E-state index < -0.39 is 43.2 Å². The lowest BCUT2D eigenvalue weighted by atomic mass is 9.96. The van der Waals surface area contributed by atoms with Gasteiger partial charge in [-0.05, 0) is 12.1 Å². The van der Waals surface area contributed by atoms with Crippen LogP contribution in [0.2, 0.25) is 0 Å². The van der Waals surface area contributed by atoms with E-state index in [9.17, 15) is 15.0 Å². The number of nitrogens with one attached hydrogen (secondary N) is 1. The summed E-state index contributed by atoms with van der Waals surface area (Å²) in [4.78, 5) is 12.1. The van der Waals surface area contributed by atoms with Gasteiger partial charge in [-0.25, -0.2) is 0 Å². The minimum absolute atomic E-state index is 0.415. The smallest absolute Gasteiger partial charge is 0.251 e. The summed E-state index contributed by atoms with van der Waals surface area (Å²) in [6.45, 7) is -0.461. The Morgan fingerprint density at radius 1 is 1.29 bits per heavy atom. The molecule has 0 saturated carbocycles. The highest BCUT2D eigenvalue weighted by molar-refractivity contribution is 5.94. The highest BCUT2D eigenvalue weighted by atomic mass is 16.7. The largest absolute Gasteiger partial charge is 0.394 e. The number of aliphatic hydroxyl groups is 3. The highest BCUT2D eigenvalue weighted by Gasteiger charge is 2.45. The van der Waals surface area contributed by atoms with E-state index in [-0.39, 0.29) is 0 Å². The molecule has 1 aliphatic heterocycles. The fourth-order valence-corrected chi connectivity index (χ4v) is 2.26. The van der Waals surface area contributed by atoms with Gasteiger partial charge in [-0.1, -0.05) is 18.2 Å². The average Bonchev–Trinajstić information content (AvgIpc) is 2.53. The van der Waals surface area contributed by atoms with Crippen LogP contribution in [0.3, 0.4) is 0 Å². The Hall–Kier alpha value is -1.51. The molecule has 7 heteroatoms. The molecular weight excluding hydrogens is 278 g/mol. The number of rotatable bonds is 4. The number of hydrogen-bond acceptors (Lipinski definition) is 6. The fourth-order valence-electron chi connectivity index (χ4n) is 2.26. The normalized spacial score (nSPS) is 32.7. The lowest BCUT2D eigenvalue weighted by Gasteiger charge is -2.41. The van der Waals surface area contributed by atoms with Gasteiger partial charge in [0.15, 0.2) is 6.29 Å². The standard InChI is InChI=1S/C14H19NO6/c1-20-14-10(12(18)11(17)9(7-16)21-14)15-13(19)8-5-3-2-4-6-8/h2-6,9-12,14,16-18H,7H2,1H3,(H,15,19)/t9-,10+,11+,12-,14-/m1/s1. The summed E-state index contributed by atoms with van der Waals surface area (Å²) < 4.78 is 10.4. The first-order chi connectivity index (χ1) is 10.1. The molecule has 1 aromatic rings. The van der Waals surface area contributed by atoms with Gasteiger partial charge in [0, 0.05) is 12.7 Å². The van der Waals surface area contributed by atoms with Gasteiger partial charge < -0.3 is 30.1 Å². The molecule has 1 amide bonds. The Morgan fingerprint density at radius 2 is 1.95 bits per heavy atom. The number of amides is 1. The van der Waals surface area contributed by atoms with Crippen LogP contribution in [0.5, 0.6) is 0 Å². The molecule has 1 heterocycles. The summed E-state index contributed by atoms with van der Waals surface area (Å²) in [5.41, 5.74) is 0.415. The summed E-state index contributed by atoms with van der Waals surface area (Å²) in [5.74, 6) is -0.417. The molecule has 0 aliphatic carbocycles. The van der Waals surface area contributed by atoms with Gasteiger partial charge in [0.2, 0.25) is 0 Å². The molecule has 5 atom stereocenters. The monoisotopic (exact) mass is 297 g/mol. The minimum Gasteiger partial charge on any atom is -0.394 e. The van der Waals surface area contributed by atoms with E-state index in [0.29, 0.717) is 5.56 Å². The predicted molar refractivity (Wildman–Crippen MR) is 72.5 cm³/mol. The molecule has 7 nitrogen and oxygen atoms in total. The molecule has 1 saturated heterocycles. The molecule has 2 rings (SSSR count). The van der Waals surface area contributed by atoms with Gasteiger partial charge in [-0.2, -0.15) is 0 Å². The van der Waals surface area contributed by atoms with Crippen molar-refractivity contribution in [2.75, 3.05) is 13.7 Å². The molecule has 0 bridgehead atoms. The van der Waals surface area contributed by atoms with Crippen molar-refractivity contribution in [3.8, 4) is 0 Å². The van der Waals surface area contributed by atoms with Crippen LogP contribution in [-0.4, -0.2) is 65.6 Å². The number of aliphatic hydroxyl groups excluding tert-OH is 3. The van der Waals surface area contributed by atoms with E-state index in [0.717, 1.165) is 0 Å². The van der Waals surface area contributed by atoms with E-state index >= 15 is 0 Å². The van der Waals surface area contributed by atoms with Gasteiger partial charge in [0.25, 0.3) is 5.91 Å². The Balaban J connectivity index is 2.11. The van der Waals surface area contributed by atoms with Crippen LogP contribution < -0.4 is 5.32 Å². The molecular formula is C14H19NO6. The number of methoxy groups -OCH3 is 1. The van der Waals surface area contributed by atoms with Gasteiger partial charge in [-0.15, -0.1) is 0 Å². The molecule has 0 radical (unpaired) electrons. The zero-order valence-corrected chi connectivity index (χ0v) is 11.5. The second kappa shape index (κ2) is 6.97. The predicted octanol–water partition coefficient (Wildman–Crippen LogP) is -1.13. The van der Waals surface area contributed by atoms with Gasteiger partial charge in [-0.3, -0.25) is 4.79 Å². The van der Waals surface area contributed by atoms with Crippen molar-refractivity contribution >= 4 is 5.91 Å². The van der Waals surface area contributed by atoms with E-state index in [1.807, 2.05) is 0 Å². The maximum atomic E-state index is 12.1. The van der Waals surface area contributed by atoms with E-state index in [4.69, 9.17) is 14.6 Å². The molecule has 0 spiro atoms. The van der Waals surface area contributed by atoms with Crippen molar-refractivity contribution in [2.45, 2.75) is 30.6 Å².